The van der Waals surface area contributed by atoms with Gasteiger partial charge in [0.1, 0.15) is 12.6 Å². The first kappa shape index (κ1) is 28.7. The first-order valence-corrected chi connectivity index (χ1v) is 14.0. The lowest BCUT2D eigenvalue weighted by atomic mass is 10.1. The highest BCUT2D eigenvalue weighted by atomic mass is 35.5. The largest absolute Gasteiger partial charge is 0.352 e. The Morgan fingerprint density at radius 2 is 1.66 bits per heavy atom. The molecule has 2 amide bonds. The topological polar surface area (TPSA) is 86.8 Å². The molecular weight excluding hydrogens is 486 g/mol. The summed E-state index contributed by atoms with van der Waals surface area (Å²) in [5.41, 5.74) is 3.02. The molecule has 2 aromatic carbocycles. The average molecular weight is 522 g/mol. The van der Waals surface area contributed by atoms with Crippen molar-refractivity contribution in [2.24, 2.45) is 0 Å². The lowest BCUT2D eigenvalue weighted by Crippen LogP contribution is -2.53. The fraction of sp³-hybridized carbons (Fsp3) is 0.462. The van der Waals surface area contributed by atoms with E-state index in [1.807, 2.05) is 58.9 Å². The Kier molecular flexibility index (Phi) is 10.2. The minimum atomic E-state index is -3.80. The van der Waals surface area contributed by atoms with Crippen molar-refractivity contribution < 1.29 is 18.0 Å². The molecular formula is C26H36ClN3O4S. The van der Waals surface area contributed by atoms with Gasteiger partial charge in [0.25, 0.3) is 0 Å². The van der Waals surface area contributed by atoms with Crippen LogP contribution in [0.1, 0.15) is 50.3 Å². The van der Waals surface area contributed by atoms with Crippen LogP contribution in [0.4, 0.5) is 5.69 Å². The van der Waals surface area contributed by atoms with Crippen LogP contribution in [0.2, 0.25) is 5.02 Å². The number of halogens is 1. The van der Waals surface area contributed by atoms with Gasteiger partial charge in [0.2, 0.25) is 21.8 Å². The number of carbonyl (C=O) groups excluding carboxylic acids is 2. The van der Waals surface area contributed by atoms with Crippen molar-refractivity contribution in [3.8, 4) is 0 Å². The SMILES string of the molecule is CC[C@@H](C)NC(=O)[C@H](CC)N(Cc1ccc(C)cc1)C(=O)CN(c1ccc(C)c(Cl)c1)S(C)(=O)=O. The zero-order valence-corrected chi connectivity index (χ0v) is 22.9. The number of nitrogens with zero attached hydrogens (tertiary/aromatic N) is 2. The van der Waals surface area contributed by atoms with Crippen molar-refractivity contribution in [2.75, 3.05) is 17.1 Å². The van der Waals surface area contributed by atoms with E-state index in [1.54, 1.807) is 12.1 Å². The third-order valence-electron chi connectivity index (χ3n) is 5.98. The molecule has 2 atom stereocenters. The fourth-order valence-electron chi connectivity index (χ4n) is 3.60. The van der Waals surface area contributed by atoms with E-state index in [2.05, 4.69) is 5.32 Å². The summed E-state index contributed by atoms with van der Waals surface area (Å²) in [5, 5.41) is 3.36. The lowest BCUT2D eigenvalue weighted by molar-refractivity contribution is -0.140. The highest BCUT2D eigenvalue weighted by molar-refractivity contribution is 7.92. The number of benzene rings is 2. The highest BCUT2D eigenvalue weighted by Crippen LogP contribution is 2.25. The van der Waals surface area contributed by atoms with Crippen LogP contribution in [0.3, 0.4) is 0 Å². The van der Waals surface area contributed by atoms with E-state index >= 15 is 0 Å². The molecule has 2 aromatic rings. The predicted molar refractivity (Wildman–Crippen MR) is 142 cm³/mol. The zero-order chi connectivity index (χ0) is 26.3. The molecule has 0 spiro atoms. The zero-order valence-electron chi connectivity index (χ0n) is 21.3. The van der Waals surface area contributed by atoms with Crippen molar-refractivity contribution in [3.63, 3.8) is 0 Å². The maximum atomic E-state index is 13.7. The van der Waals surface area contributed by atoms with Crippen molar-refractivity contribution in [1.82, 2.24) is 10.2 Å². The van der Waals surface area contributed by atoms with Crippen LogP contribution in [-0.2, 0) is 26.2 Å². The Labute approximate surface area is 214 Å². The molecule has 0 fully saturated rings. The number of anilines is 1. The van der Waals surface area contributed by atoms with Gasteiger partial charge < -0.3 is 10.2 Å². The van der Waals surface area contributed by atoms with Gasteiger partial charge in [-0.15, -0.1) is 0 Å². The van der Waals surface area contributed by atoms with Gasteiger partial charge in [0.15, 0.2) is 0 Å². The second kappa shape index (κ2) is 12.4. The van der Waals surface area contributed by atoms with Crippen molar-refractivity contribution in [2.45, 2.75) is 66.1 Å². The Balaban J connectivity index is 2.45. The van der Waals surface area contributed by atoms with Crippen LogP contribution in [0, 0.1) is 13.8 Å². The van der Waals surface area contributed by atoms with Gasteiger partial charge in [-0.05, 0) is 56.9 Å². The number of hydrogen-bond acceptors (Lipinski definition) is 4. The Morgan fingerprint density at radius 3 is 2.17 bits per heavy atom. The van der Waals surface area contributed by atoms with Crippen LogP contribution in [0.5, 0.6) is 0 Å². The van der Waals surface area contributed by atoms with Gasteiger partial charge in [-0.2, -0.15) is 0 Å². The Bertz CT molecular complexity index is 1140. The summed E-state index contributed by atoms with van der Waals surface area (Å²) in [7, 11) is -3.80. The first-order chi connectivity index (χ1) is 16.4. The number of hydrogen-bond donors (Lipinski definition) is 1. The Morgan fingerprint density at radius 1 is 1.03 bits per heavy atom. The molecule has 0 aliphatic carbocycles. The van der Waals surface area contributed by atoms with Crippen LogP contribution in [0.15, 0.2) is 42.5 Å². The molecule has 0 aromatic heterocycles. The van der Waals surface area contributed by atoms with Crippen LogP contribution < -0.4 is 9.62 Å². The lowest BCUT2D eigenvalue weighted by Gasteiger charge is -2.33. The minimum Gasteiger partial charge on any atom is -0.352 e. The van der Waals surface area contributed by atoms with Gasteiger partial charge in [-0.25, -0.2) is 8.42 Å². The molecule has 192 valence electrons. The van der Waals surface area contributed by atoms with Gasteiger partial charge in [-0.1, -0.05) is 61.3 Å². The number of carbonyl (C=O) groups is 2. The summed E-state index contributed by atoms with van der Waals surface area (Å²) in [6.07, 6.45) is 2.19. The summed E-state index contributed by atoms with van der Waals surface area (Å²) in [6, 6.07) is 11.8. The first-order valence-electron chi connectivity index (χ1n) is 11.8. The van der Waals surface area contributed by atoms with Gasteiger partial charge >= 0.3 is 0 Å². The monoisotopic (exact) mass is 521 g/mol. The third-order valence-corrected chi connectivity index (χ3v) is 7.53. The van der Waals surface area contributed by atoms with Gasteiger partial charge in [0.05, 0.1) is 11.9 Å². The summed E-state index contributed by atoms with van der Waals surface area (Å²) in [6.45, 7) is 9.23. The standard InChI is InChI=1S/C26H36ClN3O4S/c1-7-20(5)28-26(32)24(8-2)29(16-21-12-9-18(3)10-13-21)25(31)17-30(35(6,33)34)22-14-11-19(4)23(27)15-22/h9-15,20,24H,7-8,16-17H2,1-6H3,(H,28,32)/t20-,24+/m1/s1. The van der Waals surface area contributed by atoms with Gasteiger partial charge in [-0.3, -0.25) is 13.9 Å². The molecule has 0 unspecified atom stereocenters. The third kappa shape index (κ3) is 7.97. The van der Waals surface area contributed by atoms with Crippen molar-refractivity contribution >= 4 is 39.1 Å². The molecule has 0 saturated carbocycles. The van der Waals surface area contributed by atoms with E-state index < -0.39 is 28.5 Å². The molecule has 35 heavy (non-hydrogen) atoms. The molecule has 0 bridgehead atoms. The van der Waals surface area contributed by atoms with Crippen LogP contribution >= 0.6 is 11.6 Å². The number of amides is 2. The van der Waals surface area contributed by atoms with E-state index in [1.165, 1.54) is 11.0 Å². The van der Waals surface area contributed by atoms with Crippen molar-refractivity contribution in [3.05, 3.63) is 64.2 Å². The maximum absolute atomic E-state index is 13.7. The second-order valence-electron chi connectivity index (χ2n) is 8.95. The number of nitrogens with one attached hydrogen (secondary N) is 1. The predicted octanol–water partition coefficient (Wildman–Crippen LogP) is 4.44. The van der Waals surface area contributed by atoms with E-state index in [-0.39, 0.29) is 18.5 Å². The quantitative estimate of drug-likeness (QED) is 0.473. The Hall–Kier alpha value is -2.58. The van der Waals surface area contributed by atoms with E-state index in [9.17, 15) is 18.0 Å². The molecule has 2 rings (SSSR count). The average Bonchev–Trinajstić information content (AvgIpc) is 2.79. The molecule has 0 aliphatic rings. The minimum absolute atomic E-state index is 0.0462. The summed E-state index contributed by atoms with van der Waals surface area (Å²) >= 11 is 6.23. The molecule has 0 radical (unpaired) electrons. The molecule has 0 aliphatic heterocycles. The fourth-order valence-corrected chi connectivity index (χ4v) is 4.62. The molecule has 7 nitrogen and oxygen atoms in total. The normalized spacial score (nSPS) is 13.1. The van der Waals surface area contributed by atoms with Gasteiger partial charge in [0, 0.05) is 17.6 Å². The highest BCUT2D eigenvalue weighted by Gasteiger charge is 2.32. The smallest absolute Gasteiger partial charge is 0.244 e. The van der Waals surface area contributed by atoms with Crippen LogP contribution in [0.25, 0.3) is 0 Å². The number of sulfonamides is 1. The number of aryl methyl sites for hydroxylation is 2. The van der Waals surface area contributed by atoms with E-state index in [0.29, 0.717) is 17.1 Å². The van der Waals surface area contributed by atoms with Crippen molar-refractivity contribution in [1.29, 1.82) is 0 Å². The van der Waals surface area contributed by atoms with E-state index in [0.717, 1.165) is 33.7 Å². The molecule has 0 saturated heterocycles. The molecule has 9 heteroatoms. The summed E-state index contributed by atoms with van der Waals surface area (Å²) in [4.78, 5) is 28.2. The summed E-state index contributed by atoms with van der Waals surface area (Å²) < 4.78 is 26.4. The van der Waals surface area contributed by atoms with E-state index in [4.69, 9.17) is 11.6 Å². The molecule has 0 heterocycles. The maximum Gasteiger partial charge on any atom is 0.244 e. The second-order valence-corrected chi connectivity index (χ2v) is 11.3. The van der Waals surface area contributed by atoms with Crippen LogP contribution in [-0.4, -0.2) is 50.0 Å². The number of rotatable bonds is 11. The molecule has 1 N–H and O–H groups in total. The summed E-state index contributed by atoms with van der Waals surface area (Å²) in [5.74, 6) is -0.731.